The Bertz CT molecular complexity index is 9050. The molecule has 0 aliphatic rings. The van der Waals surface area contributed by atoms with E-state index in [9.17, 15) is 0 Å². The average molecular weight is 1660 g/mol. The summed E-state index contributed by atoms with van der Waals surface area (Å²) in [6.07, 6.45) is 7.85. The Morgan fingerprint density at radius 3 is 0.946 bits per heavy atom. The van der Waals surface area contributed by atoms with Crippen LogP contribution in [-0.2, 0) is 0 Å². The van der Waals surface area contributed by atoms with E-state index in [1.54, 1.807) is 0 Å². The van der Waals surface area contributed by atoms with Gasteiger partial charge in [-0.3, -0.25) is 19.5 Å². The molecule has 0 fully saturated rings. The second kappa shape index (κ2) is 31.2. The number of hydrogen-bond acceptors (Lipinski definition) is 6. The first-order valence-electron chi connectivity index (χ1n) is 43.9. The van der Waals surface area contributed by atoms with E-state index in [1.807, 2.05) is 85.5 Å². The zero-order valence-electron chi connectivity index (χ0n) is 70.2. The molecule has 12 heteroatoms. The fraction of sp³-hybridized carbons (Fsp3) is 0. The van der Waals surface area contributed by atoms with Gasteiger partial charge in [-0.15, -0.1) is 0 Å². The normalized spacial score (nSPS) is 11.7. The highest BCUT2D eigenvalue weighted by atomic mass is 15.2. The largest absolute Gasteiger partial charge is 0.309 e. The molecule has 0 unspecified atom stereocenters. The molecule has 0 atom stereocenters. The zero-order chi connectivity index (χ0) is 85.7. The lowest BCUT2D eigenvalue weighted by Gasteiger charge is -2.11. The van der Waals surface area contributed by atoms with Crippen LogP contribution in [0.4, 0.5) is 0 Å². The molecule has 0 aliphatic carbocycles. The lowest BCUT2D eigenvalue weighted by Crippen LogP contribution is -2.06. The molecular formula is C118H76N12. The van der Waals surface area contributed by atoms with E-state index in [1.165, 1.54) is 103 Å². The van der Waals surface area contributed by atoms with Crippen molar-refractivity contribution in [2.24, 2.45) is 0 Å². The van der Waals surface area contributed by atoms with E-state index in [0.29, 0.717) is 17.6 Å². The lowest BCUT2D eigenvalue weighted by atomic mass is 10.00. The Hall–Kier alpha value is -17.7. The van der Waals surface area contributed by atoms with Gasteiger partial charge in [0.15, 0.2) is 11.6 Å². The number of pyridine rings is 3. The van der Waals surface area contributed by atoms with Crippen molar-refractivity contribution in [1.82, 2.24) is 57.3 Å². The van der Waals surface area contributed by atoms with Gasteiger partial charge in [-0.25, -0.2) is 4.98 Å². The van der Waals surface area contributed by atoms with Gasteiger partial charge in [0.2, 0.25) is 5.95 Å². The number of hydrogen-bond donors (Lipinski definition) is 0. The van der Waals surface area contributed by atoms with Crippen molar-refractivity contribution in [1.29, 1.82) is 0 Å². The van der Waals surface area contributed by atoms with Crippen molar-refractivity contribution >= 4 is 142 Å². The predicted molar refractivity (Wildman–Crippen MR) is 537 cm³/mol. The molecule has 0 aliphatic heterocycles. The minimum absolute atomic E-state index is 0.575. The number of rotatable bonds is 11. The van der Waals surface area contributed by atoms with Gasteiger partial charge in [0.25, 0.3) is 0 Å². The zero-order valence-corrected chi connectivity index (χ0v) is 70.2. The highest BCUT2D eigenvalue weighted by Crippen LogP contribution is 2.46. The van der Waals surface area contributed by atoms with Crippen molar-refractivity contribution in [3.8, 4) is 90.8 Å². The number of aromatic nitrogens is 12. The van der Waals surface area contributed by atoms with E-state index < -0.39 is 0 Å². The van der Waals surface area contributed by atoms with E-state index in [2.05, 4.69) is 404 Å². The molecular weight excluding hydrogens is 1590 g/mol. The Balaban J connectivity index is 0.000000106. The third kappa shape index (κ3) is 12.4. The quantitative estimate of drug-likeness (QED) is 0.128. The standard InChI is InChI=1S/C44H28N6.C39H25N3.C35H23N3/c1-4-14-29(15-5-1)42-46-43(30-16-6-2-7-17-30)48-44(47-42)50-37-22-12-10-20-33(37)35-26-31(24-25-39(35)50)36-27-45-28-40-41(36)34-21-11-13-23-38(34)49(40)32-18-8-3-9-19-32;1-2-12-29(13-3-1)41-35-17-9-7-15-32(35)38-37(41)22-23-40-39(38)28-19-21-36-33(25-28)31-14-6-8-16-34(31)42(36)30-20-18-26-10-4-5-11-27(26)24-30;1-3-11-25(12-4-1)37-30-17-9-7-15-27(30)29-23-24(19-20-32(29)37)35-34-28-16-8-10-18-31(28)38(33(34)21-22-36-35)26-13-5-2-6-14-26/h1-28H;1-25H;1-23H. The van der Waals surface area contributed by atoms with Crippen molar-refractivity contribution < 1.29 is 0 Å². The summed E-state index contributed by atoms with van der Waals surface area (Å²) in [7, 11) is 0. The molecule has 0 spiro atoms. The maximum atomic E-state index is 5.09. The Morgan fingerprint density at radius 1 is 0.177 bits per heavy atom. The molecule has 17 aromatic carbocycles. The molecule has 608 valence electrons. The molecule has 0 radical (unpaired) electrons. The van der Waals surface area contributed by atoms with Crippen LogP contribution < -0.4 is 0 Å². The van der Waals surface area contributed by atoms with Gasteiger partial charge in [-0.1, -0.05) is 291 Å². The van der Waals surface area contributed by atoms with Crippen molar-refractivity contribution in [2.75, 3.05) is 0 Å². The first kappa shape index (κ1) is 74.8. The van der Waals surface area contributed by atoms with E-state index in [4.69, 9.17) is 29.9 Å². The molecule has 0 bridgehead atoms. The van der Waals surface area contributed by atoms with E-state index >= 15 is 0 Å². The van der Waals surface area contributed by atoms with E-state index in [0.717, 1.165) is 111 Å². The molecule has 0 N–H and O–H groups in total. The maximum absolute atomic E-state index is 5.09. The molecule has 130 heavy (non-hydrogen) atoms. The van der Waals surface area contributed by atoms with Crippen LogP contribution in [-0.4, -0.2) is 57.3 Å². The van der Waals surface area contributed by atoms with Crippen LogP contribution in [0.2, 0.25) is 0 Å². The van der Waals surface area contributed by atoms with Crippen molar-refractivity contribution in [3.63, 3.8) is 0 Å². The van der Waals surface area contributed by atoms with Gasteiger partial charge in [0.05, 0.1) is 83.8 Å². The summed E-state index contributed by atoms with van der Waals surface area (Å²) in [5.74, 6) is 1.83. The van der Waals surface area contributed by atoms with Crippen molar-refractivity contribution in [3.05, 3.63) is 462 Å². The van der Waals surface area contributed by atoms with Crippen molar-refractivity contribution in [2.45, 2.75) is 0 Å². The van der Waals surface area contributed by atoms with E-state index in [-0.39, 0.29) is 0 Å². The average Bonchev–Trinajstić information content (AvgIpc) is 1.57. The Morgan fingerprint density at radius 2 is 0.500 bits per heavy atom. The summed E-state index contributed by atoms with van der Waals surface area (Å²) in [4.78, 5) is 29.9. The third-order valence-corrected chi connectivity index (χ3v) is 25.6. The summed E-state index contributed by atoms with van der Waals surface area (Å²) < 4.78 is 13.9. The minimum atomic E-state index is 0.575. The number of para-hydroxylation sites is 10. The SMILES string of the molecule is c1ccc(-c2nc(-c3ccccc3)nc(-n3c4ccccc4c4cc(-c5cncc6c5c5ccccc5n6-c5ccccc5)ccc43)n2)cc1.c1ccc(-n2c3ccccc3c3c(-c4ccc5c(c4)c4ccccc4n5-c4ccc5ccccc5c4)nccc32)cc1.c1ccc(-n2c3ccccc3c3cc(-c4nccc5c4c4ccccc4n5-c4ccccc4)ccc32)cc1. The molecule has 0 amide bonds. The molecule has 12 nitrogen and oxygen atoms in total. The fourth-order valence-corrected chi connectivity index (χ4v) is 19.9. The summed E-state index contributed by atoms with van der Waals surface area (Å²) in [5.41, 5.74) is 27.8. The van der Waals surface area contributed by atoms with Crippen LogP contribution in [0.15, 0.2) is 462 Å². The van der Waals surface area contributed by atoms with Gasteiger partial charge in [-0.05, 0) is 162 Å². The summed E-state index contributed by atoms with van der Waals surface area (Å²) in [6.45, 7) is 0. The fourth-order valence-electron chi connectivity index (χ4n) is 19.9. The molecule has 0 saturated heterocycles. The Labute approximate surface area is 746 Å². The number of benzene rings is 17. The smallest absolute Gasteiger partial charge is 0.238 e. The Kier molecular flexibility index (Phi) is 18.0. The van der Waals surface area contributed by atoms with Gasteiger partial charge >= 0.3 is 0 Å². The molecule has 27 rings (SSSR count). The monoisotopic (exact) mass is 1660 g/mol. The van der Waals surface area contributed by atoms with Crippen LogP contribution in [0, 0.1) is 0 Å². The van der Waals surface area contributed by atoms with Gasteiger partial charge in [0.1, 0.15) is 0 Å². The molecule has 27 aromatic rings. The van der Waals surface area contributed by atoms with Crippen LogP contribution >= 0.6 is 0 Å². The lowest BCUT2D eigenvalue weighted by molar-refractivity contribution is 0.953. The second-order valence-corrected chi connectivity index (χ2v) is 32.9. The van der Waals surface area contributed by atoms with Crippen LogP contribution in [0.1, 0.15) is 0 Å². The highest BCUT2D eigenvalue weighted by Gasteiger charge is 2.26. The summed E-state index contributed by atoms with van der Waals surface area (Å²) in [6, 6.07) is 154. The first-order chi connectivity index (χ1) is 64.5. The second-order valence-electron chi connectivity index (χ2n) is 32.9. The van der Waals surface area contributed by atoms with Gasteiger partial charge in [-0.2, -0.15) is 9.97 Å². The highest BCUT2D eigenvalue weighted by molar-refractivity contribution is 6.21. The third-order valence-electron chi connectivity index (χ3n) is 25.6. The van der Waals surface area contributed by atoms with Gasteiger partial charge < -0.3 is 22.8 Å². The minimum Gasteiger partial charge on any atom is -0.309 e. The number of nitrogens with zero attached hydrogens (tertiary/aromatic N) is 12. The van der Waals surface area contributed by atoms with Gasteiger partial charge in [0, 0.05) is 139 Å². The maximum Gasteiger partial charge on any atom is 0.238 e. The van der Waals surface area contributed by atoms with Crippen LogP contribution in [0.25, 0.3) is 232 Å². The molecule has 10 aromatic heterocycles. The molecule has 10 heterocycles. The molecule has 0 saturated carbocycles. The van der Waals surface area contributed by atoms with Crippen LogP contribution in [0.3, 0.4) is 0 Å². The summed E-state index contributed by atoms with van der Waals surface area (Å²) in [5, 5.41) is 16.8. The number of fused-ring (bicyclic) bond motifs is 19. The predicted octanol–water partition coefficient (Wildman–Crippen LogP) is 29.5. The summed E-state index contributed by atoms with van der Waals surface area (Å²) >= 11 is 0. The topological polar surface area (TPSA) is 107 Å². The van der Waals surface area contributed by atoms with Crippen LogP contribution in [0.5, 0.6) is 0 Å². The first-order valence-corrected chi connectivity index (χ1v) is 43.9.